The molecule has 2 heterocycles. The van der Waals surface area contributed by atoms with Crippen molar-refractivity contribution in [2.75, 3.05) is 144 Å². The third-order valence-corrected chi connectivity index (χ3v) is 10.0. The molecule has 0 spiro atoms. The van der Waals surface area contributed by atoms with E-state index in [2.05, 4.69) is 16.0 Å². The van der Waals surface area contributed by atoms with Crippen LogP contribution >= 0.6 is 0 Å². The van der Waals surface area contributed by atoms with Crippen LogP contribution in [0.25, 0.3) is 0 Å². The van der Waals surface area contributed by atoms with Crippen molar-refractivity contribution >= 4 is 41.3 Å². The van der Waals surface area contributed by atoms with Gasteiger partial charge in [0.2, 0.25) is 17.7 Å². The first-order valence-electron chi connectivity index (χ1n) is 23.2. The lowest BCUT2D eigenvalue weighted by Crippen LogP contribution is -2.54. The van der Waals surface area contributed by atoms with Gasteiger partial charge in [-0.15, -0.1) is 0 Å². The Kier molecular flexibility index (Phi) is 28.8. The molecule has 378 valence electrons. The number of hydrogen-bond donors (Lipinski definition) is 3. The number of hydrogen-bond acceptors (Lipinski definition) is 17. The van der Waals surface area contributed by atoms with Crippen LogP contribution in [-0.4, -0.2) is 185 Å². The molecule has 1 saturated heterocycles. The van der Waals surface area contributed by atoms with Gasteiger partial charge in [-0.25, -0.2) is 4.79 Å². The maximum Gasteiger partial charge on any atom is 0.407 e. The number of imide groups is 2. The lowest BCUT2D eigenvalue weighted by atomic mass is 10.0. The molecule has 0 radical (unpaired) electrons. The highest BCUT2D eigenvalue weighted by molar-refractivity contribution is 6.26. The molecule has 0 bridgehead atoms. The number of amides is 6. The number of unbranched alkanes of at least 4 members (excludes halogenated alkanes) is 2. The Hall–Kier alpha value is -4.94. The Bertz CT molecular complexity index is 1790. The molecule has 1 atom stereocenters. The van der Waals surface area contributed by atoms with E-state index in [0.717, 1.165) is 23.3 Å². The normalized spacial score (nSPS) is 14.6. The summed E-state index contributed by atoms with van der Waals surface area (Å²) in [6.45, 7) is 9.52. The quantitative estimate of drug-likeness (QED) is 0.0642. The predicted octanol–water partition coefficient (Wildman–Crippen LogP) is 2.68. The summed E-state index contributed by atoms with van der Waals surface area (Å²) in [5.74, 6) is -2.74. The van der Waals surface area contributed by atoms with Crippen molar-refractivity contribution in [1.29, 1.82) is 0 Å². The molecule has 2 aromatic carbocycles. The summed E-state index contributed by atoms with van der Waals surface area (Å²) in [5, 5.41) is 7.54. The number of carbonyl (C=O) groups is 6. The van der Waals surface area contributed by atoms with Gasteiger partial charge in [0.25, 0.3) is 11.8 Å². The monoisotopic (exact) mass is 960 g/mol. The average molecular weight is 961 g/mol. The highest BCUT2D eigenvalue weighted by Crippen LogP contribution is 2.32. The fraction of sp³-hybridized carbons (Fsp3) is 0.617. The summed E-state index contributed by atoms with van der Waals surface area (Å²) in [6, 6.07) is 13.0. The van der Waals surface area contributed by atoms with Gasteiger partial charge >= 0.3 is 6.09 Å². The number of ether oxygens (including phenoxy) is 11. The van der Waals surface area contributed by atoms with E-state index in [1.54, 1.807) is 12.1 Å². The summed E-state index contributed by atoms with van der Waals surface area (Å²) < 4.78 is 60.1. The molecule has 2 aliphatic heterocycles. The third kappa shape index (κ3) is 22.9. The number of fused-ring (bicyclic) bond motifs is 1. The van der Waals surface area contributed by atoms with Crippen molar-refractivity contribution in [3.63, 3.8) is 0 Å². The Morgan fingerprint density at radius 1 is 0.559 bits per heavy atom. The van der Waals surface area contributed by atoms with Crippen LogP contribution in [0.15, 0.2) is 48.5 Å². The standard InChI is InChI=1S/C47H68N4O17/c52-41(49-39-11-7-10-38-43(39)46(56)51(45(38)55)40-13-14-42(53)50-44(40)54)12-5-2-6-16-58-18-20-60-22-24-62-26-28-64-30-32-66-34-35-67-33-31-65-29-27-63-25-23-61-21-19-59-17-15-48-47(57)68-36-37-8-3-1-4-9-37/h1,3-4,7-11,40H,2,5-6,12-36H2,(H,48,57)(H,49,52)(H,50,53,54). The minimum absolute atomic E-state index is 0.0240. The Labute approximate surface area is 397 Å². The summed E-state index contributed by atoms with van der Waals surface area (Å²) >= 11 is 0. The molecule has 68 heavy (non-hydrogen) atoms. The smallest absolute Gasteiger partial charge is 0.407 e. The second-order valence-corrected chi connectivity index (χ2v) is 15.1. The van der Waals surface area contributed by atoms with Crippen LogP contribution in [0.1, 0.15) is 64.8 Å². The third-order valence-electron chi connectivity index (χ3n) is 10.0. The van der Waals surface area contributed by atoms with Crippen molar-refractivity contribution in [2.45, 2.75) is 51.2 Å². The molecule has 21 nitrogen and oxygen atoms in total. The molecule has 0 aromatic heterocycles. The number of anilines is 1. The van der Waals surface area contributed by atoms with E-state index in [9.17, 15) is 28.8 Å². The number of piperidine rings is 1. The number of alkyl carbamates (subject to hydrolysis) is 1. The molecule has 4 rings (SSSR count). The fourth-order valence-corrected chi connectivity index (χ4v) is 6.58. The maximum atomic E-state index is 13.2. The number of benzene rings is 2. The number of nitrogens with one attached hydrogen (secondary N) is 3. The molecule has 1 fully saturated rings. The topological polar surface area (TPSA) is 243 Å². The minimum Gasteiger partial charge on any atom is -0.445 e. The molecule has 2 aromatic rings. The van der Waals surface area contributed by atoms with Gasteiger partial charge in [0, 0.05) is 26.0 Å². The zero-order valence-corrected chi connectivity index (χ0v) is 38.9. The number of rotatable bonds is 40. The maximum absolute atomic E-state index is 13.2. The summed E-state index contributed by atoms with van der Waals surface area (Å²) in [5.41, 5.74) is 1.30. The Balaban J connectivity index is 0.797. The van der Waals surface area contributed by atoms with Gasteiger partial charge in [-0.3, -0.25) is 34.2 Å². The molecule has 2 aliphatic rings. The van der Waals surface area contributed by atoms with E-state index in [1.807, 2.05) is 30.3 Å². The van der Waals surface area contributed by atoms with Gasteiger partial charge in [-0.1, -0.05) is 42.8 Å². The largest absolute Gasteiger partial charge is 0.445 e. The summed E-state index contributed by atoms with van der Waals surface area (Å²) in [6.07, 6.45) is 1.93. The lowest BCUT2D eigenvalue weighted by molar-refractivity contribution is -0.136. The highest BCUT2D eigenvalue weighted by atomic mass is 16.6. The highest BCUT2D eigenvalue weighted by Gasteiger charge is 2.45. The first-order chi connectivity index (χ1) is 33.3. The first-order valence-corrected chi connectivity index (χ1v) is 23.2. The average Bonchev–Trinajstić information content (AvgIpc) is 3.59. The van der Waals surface area contributed by atoms with Crippen LogP contribution in [0.2, 0.25) is 0 Å². The fourth-order valence-electron chi connectivity index (χ4n) is 6.58. The van der Waals surface area contributed by atoms with E-state index >= 15 is 0 Å². The molecule has 3 N–H and O–H groups in total. The minimum atomic E-state index is -1.08. The predicted molar refractivity (Wildman–Crippen MR) is 243 cm³/mol. The van der Waals surface area contributed by atoms with Crippen molar-refractivity contribution in [3.8, 4) is 0 Å². The summed E-state index contributed by atoms with van der Waals surface area (Å²) in [4.78, 5) is 75.3. The van der Waals surface area contributed by atoms with Gasteiger partial charge in [-0.2, -0.15) is 0 Å². The van der Waals surface area contributed by atoms with Crippen molar-refractivity contribution in [3.05, 3.63) is 65.2 Å². The van der Waals surface area contributed by atoms with Gasteiger partial charge in [-0.05, 0) is 37.0 Å². The lowest BCUT2D eigenvalue weighted by Gasteiger charge is -2.27. The van der Waals surface area contributed by atoms with Crippen molar-refractivity contribution in [2.24, 2.45) is 0 Å². The van der Waals surface area contributed by atoms with Gasteiger partial charge in [0.15, 0.2) is 0 Å². The Morgan fingerprint density at radius 2 is 1.06 bits per heavy atom. The van der Waals surface area contributed by atoms with Gasteiger partial charge < -0.3 is 62.7 Å². The van der Waals surface area contributed by atoms with E-state index in [1.165, 1.54) is 6.07 Å². The van der Waals surface area contributed by atoms with Crippen LogP contribution < -0.4 is 16.0 Å². The molecular weight excluding hydrogens is 893 g/mol. The van der Waals surface area contributed by atoms with Gasteiger partial charge in [0.05, 0.1) is 142 Å². The van der Waals surface area contributed by atoms with Crippen LogP contribution in [0.5, 0.6) is 0 Å². The van der Waals surface area contributed by atoms with Crippen LogP contribution in [-0.2, 0) is 73.1 Å². The number of nitrogens with zero attached hydrogens (tertiary/aromatic N) is 1. The second-order valence-electron chi connectivity index (χ2n) is 15.1. The molecular formula is C47H68N4O17. The second kappa shape index (κ2) is 35.2. The summed E-state index contributed by atoms with van der Waals surface area (Å²) in [7, 11) is 0. The van der Waals surface area contributed by atoms with Crippen molar-refractivity contribution in [1.82, 2.24) is 15.5 Å². The first kappa shape index (κ1) is 55.7. The van der Waals surface area contributed by atoms with Crippen LogP contribution in [0.4, 0.5) is 10.5 Å². The van der Waals surface area contributed by atoms with E-state index < -0.39 is 35.8 Å². The molecule has 6 amide bonds. The van der Waals surface area contributed by atoms with E-state index in [-0.39, 0.29) is 48.6 Å². The van der Waals surface area contributed by atoms with E-state index in [4.69, 9.17) is 52.1 Å². The number of carbonyl (C=O) groups excluding carboxylic acids is 6. The Morgan fingerprint density at radius 3 is 1.57 bits per heavy atom. The van der Waals surface area contributed by atoms with Crippen LogP contribution in [0.3, 0.4) is 0 Å². The molecule has 0 aliphatic carbocycles. The molecule has 21 heteroatoms. The zero-order valence-electron chi connectivity index (χ0n) is 38.9. The van der Waals surface area contributed by atoms with E-state index in [0.29, 0.717) is 145 Å². The molecule has 1 unspecified atom stereocenters. The zero-order chi connectivity index (χ0) is 48.3. The SMILES string of the molecule is O=C1CCC(N2C(=O)c3cccc(NC(=O)CCCCCOCCOCCOCCOCCOCCOCCOCCOCCOCCOCCNC(=O)OCc4ccccc4)c3C2=O)C(=O)N1. The van der Waals surface area contributed by atoms with Gasteiger partial charge in [0.1, 0.15) is 12.6 Å². The molecule has 0 saturated carbocycles. The van der Waals surface area contributed by atoms with Crippen molar-refractivity contribution < 1.29 is 80.9 Å². The van der Waals surface area contributed by atoms with Crippen LogP contribution in [0, 0.1) is 0 Å².